The van der Waals surface area contributed by atoms with Crippen molar-refractivity contribution in [2.24, 2.45) is 10.7 Å². The third-order valence-corrected chi connectivity index (χ3v) is 2.62. The predicted octanol–water partition coefficient (Wildman–Crippen LogP) is 2.87. The van der Waals surface area contributed by atoms with Crippen LogP contribution < -0.4 is 11.1 Å². The third kappa shape index (κ3) is 5.29. The fourth-order valence-electron chi connectivity index (χ4n) is 1.70. The van der Waals surface area contributed by atoms with E-state index in [2.05, 4.69) is 15.3 Å². The molecule has 21 heavy (non-hydrogen) atoms. The van der Waals surface area contributed by atoms with Gasteiger partial charge in [-0.05, 0) is 12.1 Å². The van der Waals surface area contributed by atoms with Gasteiger partial charge in [-0.2, -0.15) is 8.78 Å². The van der Waals surface area contributed by atoms with Crippen molar-refractivity contribution < 1.29 is 8.78 Å². The van der Waals surface area contributed by atoms with Crippen molar-refractivity contribution in [3.63, 3.8) is 0 Å². The molecule has 0 atom stereocenters. The van der Waals surface area contributed by atoms with Crippen LogP contribution in [0.5, 0.6) is 0 Å². The number of aliphatic imine (C=N–C) groups is 1. The first-order valence-corrected chi connectivity index (χ1v) is 6.08. The number of imidazole rings is 1. The van der Waals surface area contributed by atoms with Gasteiger partial charge in [0.25, 0.3) is 0 Å². The number of hydrogen-bond acceptors (Lipinski definition) is 2. The second kappa shape index (κ2) is 8.55. The first-order chi connectivity index (χ1) is 9.66. The molecule has 3 N–H and O–H groups in total. The van der Waals surface area contributed by atoms with E-state index in [1.165, 1.54) is 12.4 Å². The van der Waals surface area contributed by atoms with Gasteiger partial charge >= 0.3 is 6.55 Å². The van der Waals surface area contributed by atoms with E-state index in [1.807, 2.05) is 30.3 Å². The van der Waals surface area contributed by atoms with Crippen molar-refractivity contribution >= 4 is 35.6 Å². The second-order valence-electron chi connectivity index (χ2n) is 4.04. The highest BCUT2D eigenvalue weighted by molar-refractivity contribution is 14.0. The third-order valence-electron chi connectivity index (χ3n) is 2.62. The number of nitrogens with two attached hydrogens (primary N) is 1. The fraction of sp³-hybridized carbons (Fsp3) is 0.231. The second-order valence-corrected chi connectivity index (χ2v) is 4.04. The number of benzene rings is 1. The first-order valence-electron chi connectivity index (χ1n) is 6.08. The number of nitrogens with zero attached hydrogens (tertiary/aromatic N) is 3. The molecular formula is C13H16F2IN5. The number of halogens is 3. The highest BCUT2D eigenvalue weighted by Crippen LogP contribution is 2.12. The first kappa shape index (κ1) is 17.3. The molecule has 0 bridgehead atoms. The predicted molar refractivity (Wildman–Crippen MR) is 89.2 cm³/mol. The molecule has 0 saturated heterocycles. The largest absolute Gasteiger partial charge is 0.370 e. The Hall–Kier alpha value is -1.71. The fourth-order valence-corrected chi connectivity index (χ4v) is 1.70. The van der Waals surface area contributed by atoms with Crippen LogP contribution in [0.2, 0.25) is 0 Å². The minimum Gasteiger partial charge on any atom is -0.370 e. The summed E-state index contributed by atoms with van der Waals surface area (Å²) in [5.74, 6) is 0.530. The van der Waals surface area contributed by atoms with Gasteiger partial charge in [-0.1, -0.05) is 18.2 Å². The molecule has 8 heteroatoms. The number of para-hydroxylation sites is 1. The quantitative estimate of drug-likeness (QED) is 0.455. The van der Waals surface area contributed by atoms with Crippen molar-refractivity contribution in [1.82, 2.24) is 9.55 Å². The lowest BCUT2D eigenvalue weighted by molar-refractivity contribution is 0.0671. The number of nitrogens with one attached hydrogen (secondary N) is 1. The van der Waals surface area contributed by atoms with E-state index in [0.717, 1.165) is 10.3 Å². The van der Waals surface area contributed by atoms with Crippen LogP contribution in [-0.4, -0.2) is 22.1 Å². The van der Waals surface area contributed by atoms with Crippen LogP contribution in [0.25, 0.3) is 0 Å². The van der Waals surface area contributed by atoms with E-state index >= 15 is 0 Å². The highest BCUT2D eigenvalue weighted by Gasteiger charge is 2.10. The average Bonchev–Trinajstić information content (AvgIpc) is 2.88. The Kier molecular flexibility index (Phi) is 7.06. The van der Waals surface area contributed by atoms with Crippen LogP contribution >= 0.6 is 24.0 Å². The Labute approximate surface area is 138 Å². The minimum absolute atomic E-state index is 0. The zero-order valence-electron chi connectivity index (χ0n) is 11.1. The average molecular weight is 407 g/mol. The summed E-state index contributed by atoms with van der Waals surface area (Å²) < 4.78 is 26.0. The summed E-state index contributed by atoms with van der Waals surface area (Å²) in [5, 5.41) is 2.91. The summed E-state index contributed by atoms with van der Waals surface area (Å²) >= 11 is 0. The van der Waals surface area contributed by atoms with E-state index < -0.39 is 6.55 Å². The number of hydrogen-bond donors (Lipinski definition) is 2. The molecule has 0 radical (unpaired) electrons. The SMILES string of the molecule is I.NC(=NCCc1nccn1C(F)F)Nc1ccccc1. The van der Waals surface area contributed by atoms with Crippen LogP contribution in [0, 0.1) is 0 Å². The van der Waals surface area contributed by atoms with Crippen molar-refractivity contribution in [2.75, 3.05) is 11.9 Å². The molecule has 0 aliphatic heterocycles. The maximum Gasteiger partial charge on any atom is 0.319 e. The molecule has 2 aromatic rings. The molecular weight excluding hydrogens is 391 g/mol. The Balaban J connectivity index is 0.00000220. The molecule has 114 valence electrons. The Morgan fingerprint density at radius 1 is 1.33 bits per heavy atom. The molecule has 0 aliphatic carbocycles. The standard InChI is InChI=1S/C13H15F2N5.HI/c14-12(15)20-9-8-17-11(20)6-7-18-13(16)19-10-4-2-1-3-5-10;/h1-5,8-9,12H,6-7H2,(H3,16,18,19);1H. The lowest BCUT2D eigenvalue weighted by atomic mass is 10.3. The van der Waals surface area contributed by atoms with Gasteiger partial charge in [-0.3, -0.25) is 9.56 Å². The van der Waals surface area contributed by atoms with Gasteiger partial charge in [0.05, 0.1) is 0 Å². The normalized spacial score (nSPS) is 11.3. The van der Waals surface area contributed by atoms with Gasteiger partial charge in [0.1, 0.15) is 5.82 Å². The van der Waals surface area contributed by atoms with Crippen LogP contribution in [0.3, 0.4) is 0 Å². The molecule has 0 spiro atoms. The molecule has 0 fully saturated rings. The number of alkyl halides is 2. The van der Waals surface area contributed by atoms with Gasteiger partial charge in [0.2, 0.25) is 0 Å². The van der Waals surface area contributed by atoms with Gasteiger partial charge in [-0.25, -0.2) is 4.98 Å². The van der Waals surface area contributed by atoms with Crippen molar-refractivity contribution in [2.45, 2.75) is 13.0 Å². The summed E-state index contributed by atoms with van der Waals surface area (Å²) in [4.78, 5) is 7.95. The zero-order chi connectivity index (χ0) is 14.4. The topological polar surface area (TPSA) is 68.2 Å². The highest BCUT2D eigenvalue weighted by atomic mass is 127. The van der Waals surface area contributed by atoms with E-state index in [0.29, 0.717) is 6.42 Å². The molecule has 1 heterocycles. The Bertz CT molecular complexity index is 571. The molecule has 1 aromatic heterocycles. The van der Waals surface area contributed by atoms with Gasteiger partial charge < -0.3 is 11.1 Å². The summed E-state index contributed by atoms with van der Waals surface area (Å²) in [6.07, 6.45) is 2.89. The zero-order valence-corrected chi connectivity index (χ0v) is 13.4. The maximum atomic E-state index is 12.6. The van der Waals surface area contributed by atoms with E-state index in [-0.39, 0.29) is 42.3 Å². The number of guanidine groups is 1. The van der Waals surface area contributed by atoms with E-state index in [4.69, 9.17) is 5.73 Å². The molecule has 5 nitrogen and oxygen atoms in total. The maximum absolute atomic E-state index is 12.6. The molecule has 1 aromatic carbocycles. The lowest BCUT2D eigenvalue weighted by Crippen LogP contribution is -2.23. The van der Waals surface area contributed by atoms with E-state index in [1.54, 1.807) is 0 Å². The van der Waals surface area contributed by atoms with Crippen LogP contribution in [0.15, 0.2) is 47.7 Å². The molecule has 0 saturated carbocycles. The Morgan fingerprint density at radius 2 is 2.05 bits per heavy atom. The van der Waals surface area contributed by atoms with Crippen LogP contribution in [-0.2, 0) is 6.42 Å². The van der Waals surface area contributed by atoms with Crippen molar-refractivity contribution in [1.29, 1.82) is 0 Å². The van der Waals surface area contributed by atoms with Crippen LogP contribution in [0.1, 0.15) is 12.4 Å². The van der Waals surface area contributed by atoms with Crippen molar-refractivity contribution in [3.05, 3.63) is 48.5 Å². The number of aromatic nitrogens is 2. The summed E-state index contributed by atoms with van der Waals surface area (Å²) in [7, 11) is 0. The van der Waals surface area contributed by atoms with Gasteiger partial charge in [0, 0.05) is 31.0 Å². The molecule has 2 rings (SSSR count). The summed E-state index contributed by atoms with van der Waals surface area (Å²) in [5.41, 5.74) is 6.53. The number of rotatable bonds is 5. The number of anilines is 1. The Morgan fingerprint density at radius 3 is 2.71 bits per heavy atom. The summed E-state index contributed by atoms with van der Waals surface area (Å²) in [6.45, 7) is -2.30. The van der Waals surface area contributed by atoms with Gasteiger partial charge in [-0.15, -0.1) is 24.0 Å². The minimum atomic E-state index is -2.59. The smallest absolute Gasteiger partial charge is 0.319 e. The van der Waals surface area contributed by atoms with E-state index in [9.17, 15) is 8.78 Å². The van der Waals surface area contributed by atoms with Gasteiger partial charge in [0.15, 0.2) is 5.96 Å². The molecule has 0 unspecified atom stereocenters. The summed E-state index contributed by atoms with van der Waals surface area (Å²) in [6, 6.07) is 9.34. The lowest BCUT2D eigenvalue weighted by Gasteiger charge is -2.06. The van der Waals surface area contributed by atoms with Crippen LogP contribution in [0.4, 0.5) is 14.5 Å². The molecule has 0 aliphatic rings. The monoisotopic (exact) mass is 407 g/mol. The van der Waals surface area contributed by atoms with Crippen molar-refractivity contribution in [3.8, 4) is 0 Å². The molecule has 0 amide bonds.